The lowest BCUT2D eigenvalue weighted by molar-refractivity contribution is -0.136. The van der Waals surface area contributed by atoms with E-state index in [0.717, 1.165) is 10.5 Å². The summed E-state index contributed by atoms with van der Waals surface area (Å²) in [6.07, 6.45) is 0.0533. The van der Waals surface area contributed by atoms with E-state index in [2.05, 4.69) is 4.98 Å². The Morgan fingerprint density at radius 1 is 1.18 bits per heavy atom. The number of imidazole rings is 1. The van der Waals surface area contributed by atoms with E-state index in [1.54, 1.807) is 4.90 Å². The first-order valence-electron chi connectivity index (χ1n) is 10.3. The summed E-state index contributed by atoms with van der Waals surface area (Å²) in [5.41, 5.74) is -1.04. The maximum atomic E-state index is 13.8. The van der Waals surface area contributed by atoms with E-state index in [1.165, 1.54) is 29.7 Å². The monoisotopic (exact) mass is 482 g/mol. The number of fused-ring (bicyclic) bond motifs is 1. The van der Waals surface area contributed by atoms with Gasteiger partial charge in [-0.25, -0.2) is 9.78 Å². The number of alkyl halides is 3. The van der Waals surface area contributed by atoms with E-state index in [4.69, 9.17) is 20.8 Å². The van der Waals surface area contributed by atoms with Gasteiger partial charge in [0.05, 0.1) is 24.6 Å². The van der Waals surface area contributed by atoms with Crippen molar-refractivity contribution in [1.29, 1.82) is 0 Å². The second kappa shape index (κ2) is 7.98. The van der Waals surface area contributed by atoms with Gasteiger partial charge >= 0.3 is 12.3 Å². The molecule has 0 aliphatic carbocycles. The normalized spacial score (nSPS) is 17.8. The maximum absolute atomic E-state index is 13.8. The molecule has 0 saturated carbocycles. The van der Waals surface area contributed by atoms with Crippen molar-refractivity contribution in [3.05, 3.63) is 47.3 Å². The molecule has 2 fully saturated rings. The number of hydrogen-bond donors (Lipinski definition) is 0. The highest BCUT2D eigenvalue weighted by Gasteiger charge is 2.38. The summed E-state index contributed by atoms with van der Waals surface area (Å²) >= 11 is 6.37. The van der Waals surface area contributed by atoms with Crippen molar-refractivity contribution >= 4 is 29.2 Å². The zero-order valence-corrected chi connectivity index (χ0v) is 17.9. The number of piperidine rings is 1. The van der Waals surface area contributed by atoms with Crippen molar-refractivity contribution in [1.82, 2.24) is 19.2 Å². The number of hydrogen-bond acceptors (Lipinski definition) is 5. The Kier molecular flexibility index (Phi) is 5.23. The molecule has 3 aromatic heterocycles. The first-order valence-corrected chi connectivity index (χ1v) is 10.7. The van der Waals surface area contributed by atoms with Crippen LogP contribution in [-0.2, 0) is 10.9 Å². The fraction of sp³-hybridized carbons (Fsp3) is 0.381. The second-order valence-corrected chi connectivity index (χ2v) is 8.29. The number of furan rings is 1. The number of rotatable bonds is 3. The summed E-state index contributed by atoms with van der Waals surface area (Å²) in [5.74, 6) is -0.552. The van der Waals surface area contributed by atoms with Crippen LogP contribution in [0.15, 0.2) is 35.3 Å². The molecule has 0 bridgehead atoms. The van der Waals surface area contributed by atoms with Gasteiger partial charge < -0.3 is 19.0 Å². The predicted octanol–water partition coefficient (Wildman–Crippen LogP) is 4.32. The molecule has 12 heteroatoms. The average molecular weight is 483 g/mol. The topological polar surface area (TPSA) is 80.3 Å². The molecule has 8 nitrogen and oxygen atoms in total. The smallest absolute Gasteiger partial charge is 0.420 e. The van der Waals surface area contributed by atoms with E-state index in [1.807, 2.05) is 0 Å². The van der Waals surface area contributed by atoms with Crippen molar-refractivity contribution in [2.45, 2.75) is 25.1 Å². The molecule has 5 heterocycles. The number of amides is 2. The molecule has 2 saturated heterocycles. The van der Waals surface area contributed by atoms with Crippen molar-refractivity contribution in [3.63, 3.8) is 0 Å². The first kappa shape index (κ1) is 21.6. The largest absolute Gasteiger partial charge is 0.472 e. The Morgan fingerprint density at radius 2 is 1.94 bits per heavy atom. The Hall–Kier alpha value is -3.21. The molecule has 0 unspecified atom stereocenters. The van der Waals surface area contributed by atoms with E-state index >= 15 is 0 Å². The third-order valence-corrected chi connectivity index (χ3v) is 6.37. The first-order chi connectivity index (χ1) is 15.7. The van der Waals surface area contributed by atoms with E-state index in [-0.39, 0.29) is 28.5 Å². The van der Waals surface area contributed by atoms with Gasteiger partial charge in [-0.3, -0.25) is 9.20 Å². The van der Waals surface area contributed by atoms with Crippen LogP contribution in [0.3, 0.4) is 0 Å². The van der Waals surface area contributed by atoms with Crippen LogP contribution in [0.25, 0.3) is 16.8 Å². The summed E-state index contributed by atoms with van der Waals surface area (Å²) in [6, 6.07) is 2.44. The van der Waals surface area contributed by atoms with E-state index in [9.17, 15) is 22.8 Å². The Labute approximate surface area is 190 Å². The summed E-state index contributed by atoms with van der Waals surface area (Å²) in [7, 11) is 0. The van der Waals surface area contributed by atoms with Crippen LogP contribution in [0.4, 0.5) is 18.0 Å². The number of carbonyl (C=O) groups is 2. The molecule has 0 atom stereocenters. The fourth-order valence-electron chi connectivity index (χ4n) is 4.32. The molecular formula is C21H18ClF3N4O4. The molecule has 0 aromatic carbocycles. The summed E-state index contributed by atoms with van der Waals surface area (Å²) < 4.78 is 52.4. The number of aromatic nitrogens is 2. The molecule has 2 aliphatic heterocycles. The highest BCUT2D eigenvalue weighted by Crippen LogP contribution is 2.37. The summed E-state index contributed by atoms with van der Waals surface area (Å²) in [6.45, 7) is 1.50. The molecule has 0 N–H and O–H groups in total. The number of ether oxygens (including phenoxy) is 1. The highest BCUT2D eigenvalue weighted by molar-refractivity contribution is 6.33. The quantitative estimate of drug-likeness (QED) is 0.555. The second-order valence-electron chi connectivity index (χ2n) is 7.93. The highest BCUT2D eigenvalue weighted by atomic mass is 35.5. The Morgan fingerprint density at radius 3 is 2.55 bits per heavy atom. The number of likely N-dealkylation sites (tertiary alicyclic amines) is 1. The summed E-state index contributed by atoms with van der Waals surface area (Å²) in [5, 5.41) is -0.198. The Balaban J connectivity index is 1.46. The zero-order chi connectivity index (χ0) is 23.3. The molecule has 2 aliphatic rings. The zero-order valence-electron chi connectivity index (χ0n) is 17.1. The van der Waals surface area contributed by atoms with Crippen molar-refractivity contribution in [2.75, 3.05) is 26.2 Å². The van der Waals surface area contributed by atoms with E-state index in [0.29, 0.717) is 44.6 Å². The van der Waals surface area contributed by atoms with Gasteiger partial charge in [0.15, 0.2) is 11.3 Å². The van der Waals surface area contributed by atoms with Crippen LogP contribution >= 0.6 is 11.6 Å². The van der Waals surface area contributed by atoms with Crippen molar-refractivity contribution in [2.24, 2.45) is 0 Å². The lowest BCUT2D eigenvalue weighted by atomic mass is 10.0. The lowest BCUT2D eigenvalue weighted by Gasteiger charge is -2.35. The van der Waals surface area contributed by atoms with Gasteiger partial charge in [0.25, 0.3) is 5.91 Å². The van der Waals surface area contributed by atoms with Gasteiger partial charge in [0.2, 0.25) is 0 Å². The van der Waals surface area contributed by atoms with Crippen LogP contribution in [0.1, 0.15) is 28.9 Å². The maximum Gasteiger partial charge on any atom is 0.420 e. The summed E-state index contributed by atoms with van der Waals surface area (Å²) in [4.78, 5) is 32.0. The molecule has 0 radical (unpaired) electrons. The minimum atomic E-state index is -4.71. The van der Waals surface area contributed by atoms with Crippen molar-refractivity contribution < 1.29 is 31.9 Å². The minimum absolute atomic E-state index is 0.0464. The van der Waals surface area contributed by atoms with Gasteiger partial charge in [0, 0.05) is 36.5 Å². The van der Waals surface area contributed by atoms with Gasteiger partial charge in [-0.1, -0.05) is 11.6 Å². The van der Waals surface area contributed by atoms with Crippen LogP contribution in [0.5, 0.6) is 0 Å². The molecule has 174 valence electrons. The average Bonchev–Trinajstić information content (AvgIpc) is 3.53. The Bertz CT molecular complexity index is 1220. The number of cyclic esters (lactones) is 1. The SMILES string of the molecule is O=C(c1nc2c(C(F)(F)F)cc(-c3ccoc3)cn2c1Cl)N1CCC(N2CCOC2=O)CC1. The van der Waals surface area contributed by atoms with Gasteiger partial charge in [-0.05, 0) is 25.0 Å². The van der Waals surface area contributed by atoms with Gasteiger partial charge in [0.1, 0.15) is 11.8 Å². The van der Waals surface area contributed by atoms with Crippen LogP contribution in [0.2, 0.25) is 5.15 Å². The predicted molar refractivity (Wildman–Crippen MR) is 110 cm³/mol. The molecule has 33 heavy (non-hydrogen) atoms. The number of carbonyl (C=O) groups excluding carboxylic acids is 2. The van der Waals surface area contributed by atoms with Crippen molar-refractivity contribution in [3.8, 4) is 11.1 Å². The number of halogens is 4. The number of pyridine rings is 1. The van der Waals surface area contributed by atoms with Crippen LogP contribution in [-0.4, -0.2) is 63.5 Å². The molecule has 0 spiro atoms. The van der Waals surface area contributed by atoms with Crippen LogP contribution < -0.4 is 0 Å². The third-order valence-electron chi connectivity index (χ3n) is 6.01. The van der Waals surface area contributed by atoms with E-state index < -0.39 is 23.3 Å². The number of nitrogens with zero attached hydrogens (tertiary/aromatic N) is 4. The third kappa shape index (κ3) is 3.79. The van der Waals surface area contributed by atoms with Crippen LogP contribution in [0, 0.1) is 0 Å². The lowest BCUT2D eigenvalue weighted by Crippen LogP contribution is -2.47. The molecule has 2 amide bonds. The molecule has 3 aromatic rings. The standard InChI is InChI=1S/C21H18ClF3N4O4/c22-17-16(19(30)27-4-1-14(2-5-27)28-6-8-33-20(28)31)26-18-15(21(23,24)25)9-13(10-29(17)18)12-3-7-32-11-12/h3,7,9-11,14H,1-2,4-6,8H2. The molecular weight excluding hydrogens is 465 g/mol. The van der Waals surface area contributed by atoms with Gasteiger partial charge in [-0.15, -0.1) is 0 Å². The van der Waals surface area contributed by atoms with Gasteiger partial charge in [-0.2, -0.15) is 13.2 Å². The molecule has 5 rings (SSSR count). The minimum Gasteiger partial charge on any atom is -0.472 e. The fourth-order valence-corrected chi connectivity index (χ4v) is 4.57.